The van der Waals surface area contributed by atoms with Crippen molar-refractivity contribution < 1.29 is 4.79 Å². The van der Waals surface area contributed by atoms with Crippen LogP contribution in [0.5, 0.6) is 0 Å². The zero-order chi connectivity index (χ0) is 15.2. The lowest BCUT2D eigenvalue weighted by Crippen LogP contribution is -2.39. The Labute approximate surface area is 123 Å². The smallest absolute Gasteiger partial charge is 0.350 e. The molecule has 0 bridgehead atoms. The van der Waals surface area contributed by atoms with E-state index in [0.717, 1.165) is 6.54 Å². The van der Waals surface area contributed by atoms with Crippen LogP contribution in [0, 0.1) is 0 Å². The van der Waals surface area contributed by atoms with Gasteiger partial charge in [0.2, 0.25) is 5.91 Å². The van der Waals surface area contributed by atoms with Gasteiger partial charge in [-0.15, -0.1) is 5.10 Å². The summed E-state index contributed by atoms with van der Waals surface area (Å²) in [5.41, 5.74) is 0.364. The van der Waals surface area contributed by atoms with Gasteiger partial charge in [0.25, 0.3) is 0 Å². The van der Waals surface area contributed by atoms with Crippen molar-refractivity contribution in [3.8, 4) is 0 Å². The van der Waals surface area contributed by atoms with Crippen molar-refractivity contribution in [3.63, 3.8) is 0 Å². The van der Waals surface area contributed by atoms with Crippen LogP contribution in [0.15, 0.2) is 29.2 Å². The lowest BCUT2D eigenvalue weighted by Gasteiger charge is -2.12. The molecular formula is C14H21N5O2. The summed E-state index contributed by atoms with van der Waals surface area (Å²) in [6.07, 6.45) is 1.90. The Morgan fingerprint density at radius 2 is 2.24 bits per heavy atom. The molecule has 1 atom stereocenters. The number of hydrogen-bond acceptors (Lipinski definition) is 4. The third-order valence-corrected chi connectivity index (χ3v) is 3.20. The standard InChI is InChI=1S/C14H21N5O2/c1-3-15-11(2)10-16-13(20)7-9-19-14(21)18-8-5-4-6-12(18)17-19/h4-6,8,11,15H,3,7,9-10H2,1-2H3,(H,16,20)/t11-/m1/s1. The van der Waals surface area contributed by atoms with Crippen molar-refractivity contribution in [2.45, 2.75) is 32.9 Å². The van der Waals surface area contributed by atoms with E-state index in [1.54, 1.807) is 18.3 Å². The third-order valence-electron chi connectivity index (χ3n) is 3.20. The molecule has 7 heteroatoms. The van der Waals surface area contributed by atoms with Crippen molar-refractivity contribution >= 4 is 11.6 Å². The molecule has 0 radical (unpaired) electrons. The number of pyridine rings is 1. The zero-order valence-electron chi connectivity index (χ0n) is 12.4. The predicted molar refractivity (Wildman–Crippen MR) is 80.2 cm³/mol. The number of carbonyl (C=O) groups excluding carboxylic acids is 1. The van der Waals surface area contributed by atoms with Crippen LogP contribution in [-0.4, -0.2) is 39.2 Å². The Hall–Kier alpha value is -2.15. The van der Waals surface area contributed by atoms with E-state index in [0.29, 0.717) is 12.2 Å². The molecule has 21 heavy (non-hydrogen) atoms. The minimum absolute atomic E-state index is 0.0799. The van der Waals surface area contributed by atoms with Crippen LogP contribution < -0.4 is 16.3 Å². The second-order valence-corrected chi connectivity index (χ2v) is 4.95. The van der Waals surface area contributed by atoms with Crippen LogP contribution in [0.2, 0.25) is 0 Å². The van der Waals surface area contributed by atoms with Crippen molar-refractivity contribution in [1.82, 2.24) is 24.8 Å². The molecule has 0 aliphatic rings. The molecule has 7 nitrogen and oxygen atoms in total. The van der Waals surface area contributed by atoms with Gasteiger partial charge in [0.1, 0.15) is 0 Å². The monoisotopic (exact) mass is 291 g/mol. The van der Waals surface area contributed by atoms with E-state index >= 15 is 0 Å². The fourth-order valence-corrected chi connectivity index (χ4v) is 2.10. The summed E-state index contributed by atoms with van der Waals surface area (Å²) in [4.78, 5) is 23.8. The van der Waals surface area contributed by atoms with E-state index in [-0.39, 0.29) is 30.6 Å². The predicted octanol–water partition coefficient (Wildman–Crippen LogP) is 0.000300. The Balaban J connectivity index is 1.88. The van der Waals surface area contributed by atoms with E-state index in [9.17, 15) is 9.59 Å². The number of nitrogens with zero attached hydrogens (tertiary/aromatic N) is 3. The largest absolute Gasteiger partial charge is 0.354 e. The second-order valence-electron chi connectivity index (χ2n) is 4.95. The molecule has 0 spiro atoms. The highest BCUT2D eigenvalue weighted by molar-refractivity contribution is 5.75. The van der Waals surface area contributed by atoms with Gasteiger partial charge < -0.3 is 10.6 Å². The Kier molecular flexibility index (Phi) is 5.10. The van der Waals surface area contributed by atoms with E-state index < -0.39 is 0 Å². The Morgan fingerprint density at radius 3 is 2.95 bits per heavy atom. The lowest BCUT2D eigenvalue weighted by molar-refractivity contribution is -0.121. The maximum Gasteiger partial charge on any atom is 0.350 e. The molecule has 1 amide bonds. The molecule has 2 aromatic heterocycles. The molecule has 0 saturated carbocycles. The Bertz CT molecular complexity index is 661. The fraction of sp³-hybridized carbons (Fsp3) is 0.500. The zero-order valence-corrected chi connectivity index (χ0v) is 12.4. The molecule has 2 rings (SSSR count). The summed E-state index contributed by atoms with van der Waals surface area (Å²) in [5.74, 6) is -0.0799. The molecule has 0 saturated heterocycles. The van der Waals surface area contributed by atoms with E-state index in [1.165, 1.54) is 9.08 Å². The third kappa shape index (κ3) is 3.91. The minimum Gasteiger partial charge on any atom is -0.354 e. The maximum atomic E-state index is 12.0. The SMILES string of the molecule is CCN[C@H](C)CNC(=O)CCn1nc2ccccn2c1=O. The second kappa shape index (κ2) is 7.03. The highest BCUT2D eigenvalue weighted by atomic mass is 16.2. The molecule has 0 aromatic carbocycles. The number of hydrogen-bond donors (Lipinski definition) is 2. The molecule has 2 heterocycles. The molecule has 114 valence electrons. The van der Waals surface area contributed by atoms with Crippen LogP contribution in [0.1, 0.15) is 20.3 Å². The van der Waals surface area contributed by atoms with Gasteiger partial charge in [0.05, 0.1) is 6.54 Å². The number of aryl methyl sites for hydroxylation is 1. The van der Waals surface area contributed by atoms with Gasteiger partial charge in [-0.3, -0.25) is 9.20 Å². The van der Waals surface area contributed by atoms with Gasteiger partial charge >= 0.3 is 5.69 Å². The van der Waals surface area contributed by atoms with Crippen LogP contribution in [0.25, 0.3) is 5.65 Å². The number of nitrogens with one attached hydrogen (secondary N) is 2. The van der Waals surface area contributed by atoms with Crippen LogP contribution in [-0.2, 0) is 11.3 Å². The minimum atomic E-state index is -0.223. The number of likely N-dealkylation sites (N-methyl/N-ethyl adjacent to an activating group) is 1. The van der Waals surface area contributed by atoms with Gasteiger partial charge in [-0.2, -0.15) is 0 Å². The van der Waals surface area contributed by atoms with E-state index in [1.807, 2.05) is 19.9 Å². The number of carbonyl (C=O) groups is 1. The maximum absolute atomic E-state index is 12.0. The molecule has 0 fully saturated rings. The fourth-order valence-electron chi connectivity index (χ4n) is 2.10. The molecule has 0 unspecified atom stereocenters. The first kappa shape index (κ1) is 15.2. The summed E-state index contributed by atoms with van der Waals surface area (Å²) >= 11 is 0. The van der Waals surface area contributed by atoms with Crippen LogP contribution in [0.3, 0.4) is 0 Å². The summed E-state index contributed by atoms with van der Waals surface area (Å²) in [7, 11) is 0. The summed E-state index contributed by atoms with van der Waals surface area (Å²) in [5, 5.41) is 10.2. The van der Waals surface area contributed by atoms with Gasteiger partial charge in [0.15, 0.2) is 5.65 Å². The molecule has 2 aromatic rings. The van der Waals surface area contributed by atoms with Gasteiger partial charge in [-0.05, 0) is 25.6 Å². The average molecular weight is 291 g/mol. The number of rotatable bonds is 7. The van der Waals surface area contributed by atoms with E-state index in [4.69, 9.17) is 0 Å². The van der Waals surface area contributed by atoms with Crippen molar-refractivity contribution in [3.05, 3.63) is 34.9 Å². The summed E-state index contributed by atoms with van der Waals surface area (Å²) in [6.45, 7) is 5.76. The van der Waals surface area contributed by atoms with Crippen LogP contribution in [0.4, 0.5) is 0 Å². The highest BCUT2D eigenvalue weighted by Crippen LogP contribution is 1.96. The van der Waals surface area contributed by atoms with Gasteiger partial charge in [0, 0.05) is 25.2 Å². The van der Waals surface area contributed by atoms with Crippen molar-refractivity contribution in [2.24, 2.45) is 0 Å². The van der Waals surface area contributed by atoms with Crippen LogP contribution >= 0.6 is 0 Å². The van der Waals surface area contributed by atoms with Gasteiger partial charge in [-0.25, -0.2) is 9.48 Å². The normalized spacial score (nSPS) is 12.5. The number of fused-ring (bicyclic) bond motifs is 1. The first-order valence-electron chi connectivity index (χ1n) is 7.16. The Morgan fingerprint density at radius 1 is 1.43 bits per heavy atom. The highest BCUT2D eigenvalue weighted by Gasteiger charge is 2.09. The average Bonchev–Trinajstić information content (AvgIpc) is 2.80. The quantitative estimate of drug-likeness (QED) is 0.752. The van der Waals surface area contributed by atoms with E-state index in [2.05, 4.69) is 15.7 Å². The summed E-state index contributed by atoms with van der Waals surface area (Å²) in [6, 6.07) is 5.59. The van der Waals surface area contributed by atoms with Crippen molar-refractivity contribution in [1.29, 1.82) is 0 Å². The van der Waals surface area contributed by atoms with Crippen molar-refractivity contribution in [2.75, 3.05) is 13.1 Å². The molecule has 2 N–H and O–H groups in total. The topological polar surface area (TPSA) is 80.4 Å². The molecular weight excluding hydrogens is 270 g/mol. The summed E-state index contributed by atoms with van der Waals surface area (Å²) < 4.78 is 2.79. The number of aromatic nitrogens is 3. The first-order valence-corrected chi connectivity index (χ1v) is 7.16. The number of amides is 1. The molecule has 0 aliphatic carbocycles. The van der Waals surface area contributed by atoms with Gasteiger partial charge in [-0.1, -0.05) is 13.0 Å². The first-order chi connectivity index (χ1) is 10.1. The molecule has 0 aliphatic heterocycles. The lowest BCUT2D eigenvalue weighted by atomic mass is 10.3.